The van der Waals surface area contributed by atoms with Crippen molar-refractivity contribution in [3.8, 4) is 11.3 Å². The molecule has 0 aliphatic rings. The van der Waals surface area contributed by atoms with Crippen LogP contribution in [0.2, 0.25) is 0 Å². The maximum atomic E-state index is 12.7. The van der Waals surface area contributed by atoms with E-state index in [0.29, 0.717) is 12.4 Å². The van der Waals surface area contributed by atoms with Gasteiger partial charge in [0, 0.05) is 24.0 Å². The molecule has 7 nitrogen and oxygen atoms in total. The molecule has 29 heavy (non-hydrogen) atoms. The van der Waals surface area contributed by atoms with Gasteiger partial charge in [-0.15, -0.1) is 0 Å². The Morgan fingerprint density at radius 3 is 2.52 bits per heavy atom. The minimum Gasteiger partial charge on any atom is -0.382 e. The number of nitrogens with one attached hydrogen (secondary N) is 1. The normalized spacial score (nSPS) is 10.7. The Hall–Kier alpha value is -4.00. The Labute approximate surface area is 168 Å². The summed E-state index contributed by atoms with van der Waals surface area (Å²) < 4.78 is 1.77. The molecule has 3 N–H and O–H groups in total. The van der Waals surface area contributed by atoms with Gasteiger partial charge < -0.3 is 11.1 Å². The van der Waals surface area contributed by atoms with E-state index in [1.807, 2.05) is 67.6 Å². The van der Waals surface area contributed by atoms with Crippen LogP contribution in [0.1, 0.15) is 21.6 Å². The van der Waals surface area contributed by atoms with Crippen molar-refractivity contribution >= 4 is 17.5 Å². The summed E-state index contributed by atoms with van der Waals surface area (Å²) in [5, 5.41) is 7.62. The van der Waals surface area contributed by atoms with Crippen molar-refractivity contribution in [1.82, 2.24) is 19.7 Å². The van der Waals surface area contributed by atoms with Gasteiger partial charge in [-0.3, -0.25) is 4.79 Å². The summed E-state index contributed by atoms with van der Waals surface area (Å²) >= 11 is 0. The lowest BCUT2D eigenvalue weighted by Crippen LogP contribution is -2.19. The standard InChI is InChI=1S/C22H20N6O/c1-15-7-5-6-10-17(15)18-13-19(26-22(29)20-21(23)25-12-11-24-20)28(27-18)14-16-8-3-2-4-9-16/h2-13H,14H2,1H3,(H2,23,25)(H,26,29). The van der Waals surface area contributed by atoms with E-state index in [1.165, 1.54) is 12.4 Å². The van der Waals surface area contributed by atoms with Crippen molar-refractivity contribution in [1.29, 1.82) is 0 Å². The molecule has 0 aliphatic heterocycles. The molecule has 0 saturated carbocycles. The summed E-state index contributed by atoms with van der Waals surface area (Å²) in [6.45, 7) is 2.54. The molecule has 0 atom stereocenters. The predicted octanol–water partition coefficient (Wildman–Crippen LogP) is 3.53. The summed E-state index contributed by atoms with van der Waals surface area (Å²) in [5.74, 6) is 0.210. The largest absolute Gasteiger partial charge is 0.382 e. The Morgan fingerprint density at radius 1 is 1.03 bits per heavy atom. The third-order valence-corrected chi connectivity index (χ3v) is 4.56. The highest BCUT2D eigenvalue weighted by Gasteiger charge is 2.17. The van der Waals surface area contributed by atoms with Crippen LogP contribution in [-0.2, 0) is 6.54 Å². The van der Waals surface area contributed by atoms with Gasteiger partial charge in [0.1, 0.15) is 5.82 Å². The molecule has 2 heterocycles. The number of rotatable bonds is 5. The second-order valence-electron chi connectivity index (χ2n) is 6.62. The number of aryl methyl sites for hydroxylation is 1. The molecule has 4 rings (SSSR count). The fourth-order valence-electron chi connectivity index (χ4n) is 3.09. The van der Waals surface area contributed by atoms with Crippen molar-refractivity contribution in [3.63, 3.8) is 0 Å². The van der Waals surface area contributed by atoms with Gasteiger partial charge in [0.15, 0.2) is 11.5 Å². The van der Waals surface area contributed by atoms with Crippen LogP contribution in [0.4, 0.5) is 11.6 Å². The highest BCUT2D eigenvalue weighted by atomic mass is 16.2. The van der Waals surface area contributed by atoms with Gasteiger partial charge in [-0.1, -0.05) is 54.6 Å². The van der Waals surface area contributed by atoms with Crippen LogP contribution < -0.4 is 11.1 Å². The first-order valence-electron chi connectivity index (χ1n) is 9.17. The van der Waals surface area contributed by atoms with Gasteiger partial charge in [0.05, 0.1) is 12.2 Å². The molecule has 0 unspecified atom stereocenters. The minimum atomic E-state index is -0.429. The Morgan fingerprint density at radius 2 is 1.76 bits per heavy atom. The zero-order chi connectivity index (χ0) is 20.2. The fraction of sp³-hybridized carbons (Fsp3) is 0.0909. The van der Waals surface area contributed by atoms with Crippen LogP contribution in [-0.4, -0.2) is 25.7 Å². The summed E-state index contributed by atoms with van der Waals surface area (Å²) in [6.07, 6.45) is 2.88. The minimum absolute atomic E-state index is 0.0809. The van der Waals surface area contributed by atoms with Crippen LogP contribution in [0.3, 0.4) is 0 Å². The zero-order valence-corrected chi connectivity index (χ0v) is 15.9. The van der Waals surface area contributed by atoms with E-state index < -0.39 is 5.91 Å². The zero-order valence-electron chi connectivity index (χ0n) is 15.9. The third kappa shape index (κ3) is 3.98. The van der Waals surface area contributed by atoms with E-state index in [0.717, 1.165) is 22.4 Å². The van der Waals surface area contributed by atoms with E-state index in [1.54, 1.807) is 4.68 Å². The number of aromatic nitrogens is 4. The van der Waals surface area contributed by atoms with Crippen molar-refractivity contribution in [2.75, 3.05) is 11.1 Å². The van der Waals surface area contributed by atoms with Crippen LogP contribution in [0.15, 0.2) is 73.1 Å². The van der Waals surface area contributed by atoms with Gasteiger partial charge in [0.25, 0.3) is 5.91 Å². The predicted molar refractivity (Wildman–Crippen MR) is 112 cm³/mol. The summed E-state index contributed by atoms with van der Waals surface area (Å²) in [6, 6.07) is 19.8. The van der Waals surface area contributed by atoms with E-state index in [2.05, 4.69) is 15.3 Å². The van der Waals surface area contributed by atoms with E-state index in [-0.39, 0.29) is 11.5 Å². The van der Waals surface area contributed by atoms with Crippen molar-refractivity contribution in [2.24, 2.45) is 0 Å². The lowest BCUT2D eigenvalue weighted by Gasteiger charge is -2.09. The number of nitrogens with two attached hydrogens (primary N) is 1. The second kappa shape index (κ2) is 7.93. The average molecular weight is 384 g/mol. The number of carbonyl (C=O) groups excluding carboxylic acids is 1. The number of nitrogens with zero attached hydrogens (tertiary/aromatic N) is 4. The first-order chi connectivity index (χ1) is 14.1. The van der Waals surface area contributed by atoms with Gasteiger partial charge in [-0.2, -0.15) is 5.10 Å². The molecule has 0 saturated heterocycles. The monoisotopic (exact) mass is 384 g/mol. The van der Waals surface area contributed by atoms with Crippen LogP contribution >= 0.6 is 0 Å². The summed E-state index contributed by atoms with van der Waals surface area (Å²) in [5.41, 5.74) is 9.84. The molecular formula is C22H20N6O. The van der Waals surface area contributed by atoms with E-state index in [4.69, 9.17) is 10.8 Å². The maximum absolute atomic E-state index is 12.7. The van der Waals surface area contributed by atoms with Gasteiger partial charge in [-0.05, 0) is 18.1 Å². The smallest absolute Gasteiger partial charge is 0.279 e. The molecule has 0 aliphatic carbocycles. The maximum Gasteiger partial charge on any atom is 0.279 e. The van der Waals surface area contributed by atoms with Crippen molar-refractivity contribution in [3.05, 3.63) is 89.9 Å². The first kappa shape index (κ1) is 18.4. The quantitative estimate of drug-likeness (QED) is 0.548. The lowest BCUT2D eigenvalue weighted by molar-refractivity contribution is 0.102. The van der Waals surface area contributed by atoms with E-state index >= 15 is 0 Å². The molecular weight excluding hydrogens is 364 g/mol. The van der Waals surface area contributed by atoms with Gasteiger partial charge in [-0.25, -0.2) is 14.6 Å². The second-order valence-corrected chi connectivity index (χ2v) is 6.62. The molecule has 0 fully saturated rings. The van der Waals surface area contributed by atoms with Gasteiger partial charge >= 0.3 is 0 Å². The third-order valence-electron chi connectivity index (χ3n) is 4.56. The first-order valence-corrected chi connectivity index (χ1v) is 9.17. The average Bonchev–Trinajstić information content (AvgIpc) is 3.11. The van der Waals surface area contributed by atoms with Crippen LogP contribution in [0, 0.1) is 6.92 Å². The molecule has 0 bridgehead atoms. The Balaban J connectivity index is 1.71. The number of benzene rings is 2. The number of amides is 1. The highest BCUT2D eigenvalue weighted by molar-refractivity contribution is 6.05. The molecule has 0 radical (unpaired) electrons. The van der Waals surface area contributed by atoms with Gasteiger partial charge in [0.2, 0.25) is 0 Å². The Bertz CT molecular complexity index is 1150. The fourth-order valence-corrected chi connectivity index (χ4v) is 3.09. The number of nitrogen functional groups attached to an aromatic ring is 1. The summed E-state index contributed by atoms with van der Waals surface area (Å²) in [7, 11) is 0. The number of hydrogen-bond donors (Lipinski definition) is 2. The Kier molecular flexibility index (Phi) is 5.03. The highest BCUT2D eigenvalue weighted by Crippen LogP contribution is 2.26. The topological polar surface area (TPSA) is 98.7 Å². The molecule has 144 valence electrons. The van der Waals surface area contributed by atoms with Crippen molar-refractivity contribution in [2.45, 2.75) is 13.5 Å². The van der Waals surface area contributed by atoms with Crippen LogP contribution in [0.25, 0.3) is 11.3 Å². The molecule has 0 spiro atoms. The number of hydrogen-bond acceptors (Lipinski definition) is 5. The molecule has 2 aromatic carbocycles. The summed E-state index contributed by atoms with van der Waals surface area (Å²) in [4.78, 5) is 20.7. The molecule has 1 amide bonds. The van der Waals surface area contributed by atoms with Crippen LogP contribution in [0.5, 0.6) is 0 Å². The van der Waals surface area contributed by atoms with E-state index in [9.17, 15) is 4.79 Å². The lowest BCUT2D eigenvalue weighted by atomic mass is 10.1. The molecule has 2 aromatic heterocycles. The number of carbonyl (C=O) groups is 1. The molecule has 7 heteroatoms. The molecule has 4 aromatic rings. The van der Waals surface area contributed by atoms with Crippen molar-refractivity contribution < 1.29 is 4.79 Å². The number of anilines is 2. The SMILES string of the molecule is Cc1ccccc1-c1cc(NC(=O)c2nccnc2N)n(Cc2ccccc2)n1.